The van der Waals surface area contributed by atoms with Crippen molar-refractivity contribution >= 4 is 17.8 Å². The van der Waals surface area contributed by atoms with Crippen molar-refractivity contribution in [3.63, 3.8) is 0 Å². The summed E-state index contributed by atoms with van der Waals surface area (Å²) in [5, 5.41) is 7.81. The van der Waals surface area contributed by atoms with E-state index in [-0.39, 0.29) is 17.7 Å². The van der Waals surface area contributed by atoms with Crippen LogP contribution in [0.25, 0.3) is 0 Å². The number of hydrogen-bond donors (Lipinski definition) is 1. The maximum Gasteiger partial charge on any atom is 0.271 e. The van der Waals surface area contributed by atoms with E-state index in [1.807, 2.05) is 24.4 Å². The molecule has 1 aliphatic rings. The van der Waals surface area contributed by atoms with Crippen LogP contribution in [0.3, 0.4) is 0 Å². The molecular formula is C22H25N3O3. The van der Waals surface area contributed by atoms with E-state index in [2.05, 4.69) is 41.5 Å². The molecule has 2 aromatic carbocycles. The first-order valence-corrected chi connectivity index (χ1v) is 9.25. The molecule has 2 atom stereocenters. The molecule has 0 aliphatic heterocycles. The Bertz CT molecular complexity index is 880. The van der Waals surface area contributed by atoms with Crippen molar-refractivity contribution in [3.8, 4) is 0 Å². The van der Waals surface area contributed by atoms with Crippen LogP contribution in [0.15, 0.2) is 64.9 Å². The van der Waals surface area contributed by atoms with Crippen LogP contribution in [0.2, 0.25) is 0 Å². The highest BCUT2D eigenvalue weighted by Gasteiger charge is 2.50. The average Bonchev–Trinajstić information content (AvgIpc) is 3.38. The molecule has 0 unspecified atom stereocenters. The van der Waals surface area contributed by atoms with E-state index in [4.69, 9.17) is 15.4 Å². The molecule has 28 heavy (non-hydrogen) atoms. The molecule has 1 fully saturated rings. The van der Waals surface area contributed by atoms with Gasteiger partial charge in [-0.15, -0.1) is 0 Å². The summed E-state index contributed by atoms with van der Waals surface area (Å²) in [4.78, 5) is 21.8. The zero-order valence-corrected chi connectivity index (χ0v) is 16.2. The number of carbonyl (C=O) groups is 1. The minimum atomic E-state index is -0.660. The number of nitrogens with zero attached hydrogens (tertiary/aromatic N) is 2. The molecule has 1 aliphatic carbocycles. The summed E-state index contributed by atoms with van der Waals surface area (Å²) in [6.45, 7) is 2.50. The molecule has 0 saturated heterocycles. The minimum absolute atomic E-state index is 0.0577. The maximum absolute atomic E-state index is 11.6. The molecule has 0 aromatic heterocycles. The summed E-state index contributed by atoms with van der Waals surface area (Å²) in [5.74, 6) is -0.0865. The Kier molecular flexibility index (Phi) is 6.09. The van der Waals surface area contributed by atoms with Crippen molar-refractivity contribution in [1.29, 1.82) is 0 Å². The lowest BCUT2D eigenvalue weighted by Crippen LogP contribution is -2.25. The number of nitrogens with two attached hydrogens (primary N) is 1. The molecule has 146 valence electrons. The Morgan fingerprint density at radius 1 is 1.21 bits per heavy atom. The van der Waals surface area contributed by atoms with E-state index in [1.165, 1.54) is 12.7 Å². The van der Waals surface area contributed by atoms with Crippen LogP contribution in [0.4, 0.5) is 0 Å². The molecule has 2 N–H and O–H groups in total. The van der Waals surface area contributed by atoms with Gasteiger partial charge in [-0.05, 0) is 29.7 Å². The van der Waals surface area contributed by atoms with Crippen molar-refractivity contribution in [2.24, 2.45) is 22.0 Å². The number of benzene rings is 2. The second-order valence-corrected chi connectivity index (χ2v) is 7.13. The molecule has 0 spiro atoms. The molecule has 1 amide bonds. The highest BCUT2D eigenvalue weighted by atomic mass is 16.6. The van der Waals surface area contributed by atoms with Gasteiger partial charge in [-0.25, -0.2) is 0 Å². The molecule has 0 heterocycles. The third-order valence-corrected chi connectivity index (χ3v) is 5.29. The van der Waals surface area contributed by atoms with Gasteiger partial charge >= 0.3 is 0 Å². The van der Waals surface area contributed by atoms with Crippen molar-refractivity contribution < 1.29 is 14.5 Å². The zero-order valence-electron chi connectivity index (χ0n) is 16.2. The largest absolute Gasteiger partial charge is 0.398 e. The fourth-order valence-electron chi connectivity index (χ4n) is 3.49. The first-order valence-electron chi connectivity index (χ1n) is 9.25. The van der Waals surface area contributed by atoms with Crippen molar-refractivity contribution in [1.82, 2.24) is 0 Å². The zero-order chi connectivity index (χ0) is 20.0. The lowest BCUT2D eigenvalue weighted by Gasteiger charge is -2.10. The van der Waals surface area contributed by atoms with E-state index in [0.29, 0.717) is 11.5 Å². The molecule has 0 radical (unpaired) electrons. The lowest BCUT2D eigenvalue weighted by atomic mass is 9.95. The van der Waals surface area contributed by atoms with Crippen LogP contribution in [-0.2, 0) is 26.5 Å². The Morgan fingerprint density at radius 2 is 1.93 bits per heavy atom. The van der Waals surface area contributed by atoms with E-state index < -0.39 is 5.91 Å². The van der Waals surface area contributed by atoms with Gasteiger partial charge in [-0.2, -0.15) is 0 Å². The third kappa shape index (κ3) is 4.39. The fraction of sp³-hybridized carbons (Fsp3) is 0.318. The highest BCUT2D eigenvalue weighted by molar-refractivity contribution is 6.45. The van der Waals surface area contributed by atoms with Crippen molar-refractivity contribution in [3.05, 3.63) is 71.3 Å². The fourth-order valence-corrected chi connectivity index (χ4v) is 3.49. The van der Waals surface area contributed by atoms with Crippen LogP contribution in [-0.4, -0.2) is 24.9 Å². The molecule has 3 rings (SSSR count). The van der Waals surface area contributed by atoms with Gasteiger partial charge in [0.1, 0.15) is 13.7 Å². The quantitative estimate of drug-likeness (QED) is 0.535. The number of amides is 1. The van der Waals surface area contributed by atoms with Gasteiger partial charge in [0, 0.05) is 17.3 Å². The Hall–Kier alpha value is -3.15. The van der Waals surface area contributed by atoms with Gasteiger partial charge in [0.25, 0.3) is 5.91 Å². The van der Waals surface area contributed by atoms with Gasteiger partial charge < -0.3 is 15.4 Å². The average molecular weight is 379 g/mol. The first kappa shape index (κ1) is 19.6. The highest BCUT2D eigenvalue weighted by Crippen LogP contribution is 2.55. The third-order valence-electron chi connectivity index (χ3n) is 5.29. The van der Waals surface area contributed by atoms with E-state index >= 15 is 0 Å². The molecule has 6 nitrogen and oxygen atoms in total. The van der Waals surface area contributed by atoms with Gasteiger partial charge in [0.2, 0.25) is 0 Å². The van der Waals surface area contributed by atoms with Crippen LogP contribution in [0, 0.1) is 5.92 Å². The number of hydrogen-bond acceptors (Lipinski definition) is 5. The van der Waals surface area contributed by atoms with E-state index in [0.717, 1.165) is 18.4 Å². The normalized spacial score (nSPS) is 21.5. The van der Waals surface area contributed by atoms with Crippen LogP contribution in [0.1, 0.15) is 36.5 Å². The van der Waals surface area contributed by atoms with Gasteiger partial charge in [-0.3, -0.25) is 4.79 Å². The van der Waals surface area contributed by atoms with E-state index in [1.54, 1.807) is 12.1 Å². The monoisotopic (exact) mass is 379 g/mol. The first-order chi connectivity index (χ1) is 13.6. The number of carbonyl (C=O) groups excluding carboxylic acids is 1. The summed E-state index contributed by atoms with van der Waals surface area (Å²) in [6.07, 6.45) is 3.84. The molecule has 1 saturated carbocycles. The molecular weight excluding hydrogens is 354 g/mol. The van der Waals surface area contributed by atoms with E-state index in [9.17, 15) is 4.79 Å². The molecule has 6 heteroatoms. The summed E-state index contributed by atoms with van der Waals surface area (Å²) in [7, 11) is 1.37. The predicted molar refractivity (Wildman–Crippen MR) is 109 cm³/mol. The standard InChI is InChI=1S/C22H25N3O3/c1-22(17-9-4-3-5-10-17)14-18(22)12-13-24-28-15-16-8-6-7-11-19(16)20(21(23)26)25-27-2/h3-11,13,18H,12,14-15H2,1-2H3,(H2,23,26)/t18-,22+/m1/s1. The van der Waals surface area contributed by atoms with Crippen LogP contribution < -0.4 is 5.73 Å². The number of oxime groups is 2. The SMILES string of the molecule is CON=C(C(N)=O)c1ccccc1CON=CC[C@@H]1C[C@@]1(C)c1ccccc1. The Balaban J connectivity index is 1.55. The van der Waals surface area contributed by atoms with Crippen molar-refractivity contribution in [2.75, 3.05) is 7.11 Å². The Labute approximate surface area is 165 Å². The summed E-state index contributed by atoms with van der Waals surface area (Å²) in [5.41, 5.74) is 8.39. The predicted octanol–water partition coefficient (Wildman–Crippen LogP) is 3.39. The lowest BCUT2D eigenvalue weighted by molar-refractivity contribution is -0.112. The van der Waals surface area contributed by atoms with Crippen molar-refractivity contribution in [2.45, 2.75) is 31.8 Å². The smallest absolute Gasteiger partial charge is 0.271 e. The minimum Gasteiger partial charge on any atom is -0.398 e. The molecule has 2 aromatic rings. The second-order valence-electron chi connectivity index (χ2n) is 7.13. The van der Waals surface area contributed by atoms with Gasteiger partial charge in [0.05, 0.1) is 0 Å². The summed E-state index contributed by atoms with van der Waals surface area (Å²) >= 11 is 0. The molecule has 0 bridgehead atoms. The Morgan fingerprint density at radius 3 is 2.64 bits per heavy atom. The number of rotatable bonds is 9. The second kappa shape index (κ2) is 8.69. The summed E-state index contributed by atoms with van der Waals surface area (Å²) < 4.78 is 0. The van der Waals surface area contributed by atoms with Gasteiger partial charge in [-0.1, -0.05) is 71.8 Å². The van der Waals surface area contributed by atoms with Crippen LogP contribution in [0.5, 0.6) is 0 Å². The van der Waals surface area contributed by atoms with Crippen LogP contribution >= 0.6 is 0 Å². The van der Waals surface area contributed by atoms with Gasteiger partial charge in [0.15, 0.2) is 5.71 Å². The topological polar surface area (TPSA) is 86.3 Å². The maximum atomic E-state index is 11.6. The summed E-state index contributed by atoms with van der Waals surface area (Å²) in [6, 6.07) is 17.8. The number of primary amides is 1.